The highest BCUT2D eigenvalue weighted by molar-refractivity contribution is 5.25. The molecule has 2 aromatic rings. The van der Waals surface area contributed by atoms with Crippen LogP contribution in [0.2, 0.25) is 0 Å². The molecule has 1 fully saturated rings. The molecule has 22 heavy (non-hydrogen) atoms. The maximum Gasteiger partial charge on any atom is 0.124 e. The number of ether oxygens (including phenoxy) is 2. The number of aryl methyl sites for hydroxylation is 1. The van der Waals surface area contributed by atoms with Crippen LogP contribution in [0, 0.1) is 0 Å². The van der Waals surface area contributed by atoms with E-state index in [1.165, 1.54) is 0 Å². The molecule has 1 aliphatic heterocycles. The summed E-state index contributed by atoms with van der Waals surface area (Å²) in [6.45, 7) is 5.26. The number of hydrogen-bond acceptors (Lipinski definition) is 4. The summed E-state index contributed by atoms with van der Waals surface area (Å²) >= 11 is 0. The predicted molar refractivity (Wildman–Crippen MR) is 84.7 cm³/mol. The average molecular weight is 301 g/mol. The normalized spacial score (nSPS) is 17.5. The van der Waals surface area contributed by atoms with E-state index >= 15 is 0 Å². The molecule has 1 unspecified atom stereocenters. The monoisotopic (exact) mass is 301 g/mol. The number of rotatable bonds is 6. The van der Waals surface area contributed by atoms with E-state index < -0.39 is 0 Å². The fraction of sp³-hybridized carbons (Fsp3) is 0.471. The second kappa shape index (κ2) is 7.54. The van der Waals surface area contributed by atoms with Crippen LogP contribution in [0.1, 0.15) is 17.4 Å². The molecule has 1 saturated heterocycles. The molecule has 0 N–H and O–H groups in total. The van der Waals surface area contributed by atoms with Crippen molar-refractivity contribution in [2.75, 3.05) is 39.5 Å². The van der Waals surface area contributed by atoms with Crippen LogP contribution < -0.4 is 0 Å². The van der Waals surface area contributed by atoms with Crippen LogP contribution in [0.5, 0.6) is 0 Å². The van der Waals surface area contributed by atoms with Crippen LogP contribution in [-0.2, 0) is 16.5 Å². The van der Waals surface area contributed by atoms with Crippen LogP contribution in [0.25, 0.3) is 0 Å². The topological polar surface area (TPSA) is 39.5 Å². The van der Waals surface area contributed by atoms with Crippen molar-refractivity contribution < 1.29 is 9.47 Å². The van der Waals surface area contributed by atoms with Gasteiger partial charge >= 0.3 is 0 Å². The van der Waals surface area contributed by atoms with Gasteiger partial charge in [-0.3, -0.25) is 9.58 Å². The number of nitrogens with zero attached hydrogens (tertiary/aromatic N) is 3. The second-order valence-corrected chi connectivity index (χ2v) is 5.50. The van der Waals surface area contributed by atoms with Crippen molar-refractivity contribution in [3.8, 4) is 0 Å². The Hall–Kier alpha value is -1.69. The van der Waals surface area contributed by atoms with E-state index in [4.69, 9.17) is 9.47 Å². The van der Waals surface area contributed by atoms with Crippen molar-refractivity contribution in [3.05, 3.63) is 53.9 Å². The molecule has 1 aromatic heterocycles. The summed E-state index contributed by atoms with van der Waals surface area (Å²) in [5.74, 6) is 0. The Kier molecular flexibility index (Phi) is 5.21. The molecule has 0 saturated carbocycles. The predicted octanol–water partition coefficient (Wildman–Crippen LogP) is 1.86. The first-order valence-electron chi connectivity index (χ1n) is 7.79. The molecule has 0 spiro atoms. The number of aromatic nitrogens is 2. The van der Waals surface area contributed by atoms with Crippen molar-refractivity contribution in [1.82, 2.24) is 14.7 Å². The standard InChI is InChI=1S/C17H23N3O2/c1-19-16(7-8-18-19)17(15-5-3-2-4-6-15)22-14-11-20-9-12-21-13-10-20/h2-8,17H,9-14H2,1H3. The summed E-state index contributed by atoms with van der Waals surface area (Å²) in [5.41, 5.74) is 2.24. The van der Waals surface area contributed by atoms with Crippen molar-refractivity contribution in [2.45, 2.75) is 6.10 Å². The molecule has 0 aliphatic carbocycles. The molecule has 118 valence electrons. The van der Waals surface area contributed by atoms with Gasteiger partial charge in [-0.15, -0.1) is 0 Å². The third-order valence-electron chi connectivity index (χ3n) is 4.03. The zero-order valence-corrected chi connectivity index (χ0v) is 13.0. The minimum atomic E-state index is -0.0743. The van der Waals surface area contributed by atoms with E-state index in [0.717, 1.165) is 44.1 Å². The smallest absolute Gasteiger partial charge is 0.124 e. The van der Waals surface area contributed by atoms with Gasteiger partial charge in [0.25, 0.3) is 0 Å². The molecule has 3 rings (SSSR count). The molecule has 1 aromatic carbocycles. The van der Waals surface area contributed by atoms with Gasteiger partial charge in [0.05, 0.1) is 25.5 Å². The lowest BCUT2D eigenvalue weighted by atomic mass is 10.1. The van der Waals surface area contributed by atoms with Gasteiger partial charge in [-0.25, -0.2) is 0 Å². The largest absolute Gasteiger partial charge is 0.379 e. The first kappa shape index (κ1) is 15.2. The molecule has 0 bridgehead atoms. The van der Waals surface area contributed by atoms with E-state index in [1.807, 2.05) is 42.2 Å². The fourth-order valence-electron chi connectivity index (χ4n) is 2.75. The van der Waals surface area contributed by atoms with Crippen molar-refractivity contribution in [3.63, 3.8) is 0 Å². The average Bonchev–Trinajstić information content (AvgIpc) is 2.99. The molecular formula is C17H23N3O2. The van der Waals surface area contributed by atoms with Crippen LogP contribution in [0.4, 0.5) is 0 Å². The molecule has 5 heteroatoms. The number of hydrogen-bond donors (Lipinski definition) is 0. The summed E-state index contributed by atoms with van der Waals surface area (Å²) in [4.78, 5) is 2.38. The first-order valence-corrected chi connectivity index (χ1v) is 7.79. The molecule has 1 atom stereocenters. The molecular weight excluding hydrogens is 278 g/mol. The van der Waals surface area contributed by atoms with Gasteiger partial charge in [0, 0.05) is 32.9 Å². The van der Waals surface area contributed by atoms with Crippen LogP contribution in [-0.4, -0.2) is 54.1 Å². The summed E-state index contributed by atoms with van der Waals surface area (Å²) in [5, 5.41) is 4.27. The van der Waals surface area contributed by atoms with Crippen LogP contribution in [0.3, 0.4) is 0 Å². The van der Waals surface area contributed by atoms with E-state index in [9.17, 15) is 0 Å². The summed E-state index contributed by atoms with van der Waals surface area (Å²) < 4.78 is 13.5. The first-order chi connectivity index (χ1) is 10.8. The number of benzene rings is 1. The minimum absolute atomic E-state index is 0.0743. The summed E-state index contributed by atoms with van der Waals surface area (Å²) in [7, 11) is 1.95. The van der Waals surface area contributed by atoms with Crippen molar-refractivity contribution in [2.24, 2.45) is 7.05 Å². The zero-order valence-electron chi connectivity index (χ0n) is 13.0. The highest BCUT2D eigenvalue weighted by Gasteiger charge is 2.18. The Morgan fingerprint density at radius 2 is 1.95 bits per heavy atom. The van der Waals surface area contributed by atoms with Gasteiger partial charge in [-0.2, -0.15) is 5.10 Å². The van der Waals surface area contributed by atoms with Crippen molar-refractivity contribution >= 4 is 0 Å². The maximum absolute atomic E-state index is 6.21. The molecule has 5 nitrogen and oxygen atoms in total. The highest BCUT2D eigenvalue weighted by atomic mass is 16.5. The van der Waals surface area contributed by atoms with Gasteiger partial charge in [-0.1, -0.05) is 30.3 Å². The molecule has 1 aliphatic rings. The van der Waals surface area contributed by atoms with Crippen LogP contribution >= 0.6 is 0 Å². The van der Waals surface area contributed by atoms with E-state index in [-0.39, 0.29) is 6.10 Å². The van der Waals surface area contributed by atoms with Gasteiger partial charge in [0.2, 0.25) is 0 Å². The molecule has 2 heterocycles. The number of morpholine rings is 1. The Morgan fingerprint density at radius 3 is 2.64 bits per heavy atom. The van der Waals surface area contributed by atoms with E-state index in [1.54, 1.807) is 0 Å². The Morgan fingerprint density at radius 1 is 1.18 bits per heavy atom. The van der Waals surface area contributed by atoms with Crippen molar-refractivity contribution in [1.29, 1.82) is 0 Å². The van der Waals surface area contributed by atoms with Gasteiger partial charge in [-0.05, 0) is 11.6 Å². The SMILES string of the molecule is Cn1nccc1C(OCCN1CCOCC1)c1ccccc1. The minimum Gasteiger partial charge on any atom is -0.379 e. The van der Waals surface area contributed by atoms with Gasteiger partial charge in [0.15, 0.2) is 0 Å². The highest BCUT2D eigenvalue weighted by Crippen LogP contribution is 2.25. The third kappa shape index (κ3) is 3.74. The van der Waals surface area contributed by atoms with E-state index in [2.05, 4.69) is 22.1 Å². The lowest BCUT2D eigenvalue weighted by Crippen LogP contribution is -2.38. The summed E-state index contributed by atoms with van der Waals surface area (Å²) in [6.07, 6.45) is 1.74. The third-order valence-corrected chi connectivity index (χ3v) is 4.03. The van der Waals surface area contributed by atoms with Crippen LogP contribution in [0.15, 0.2) is 42.6 Å². The summed E-state index contributed by atoms with van der Waals surface area (Å²) in [6, 6.07) is 12.3. The van der Waals surface area contributed by atoms with Gasteiger partial charge < -0.3 is 9.47 Å². The molecule has 0 amide bonds. The maximum atomic E-state index is 6.21. The van der Waals surface area contributed by atoms with E-state index in [0.29, 0.717) is 6.61 Å². The lowest BCUT2D eigenvalue weighted by Gasteiger charge is -2.27. The zero-order chi connectivity index (χ0) is 15.2. The second-order valence-electron chi connectivity index (χ2n) is 5.50. The quantitative estimate of drug-likeness (QED) is 0.816. The fourth-order valence-corrected chi connectivity index (χ4v) is 2.75. The Labute approximate surface area is 131 Å². The van der Waals surface area contributed by atoms with Gasteiger partial charge in [0.1, 0.15) is 6.10 Å². The Balaban J connectivity index is 1.65. The molecule has 0 radical (unpaired) electrons. The Bertz CT molecular complexity index is 564. The lowest BCUT2D eigenvalue weighted by molar-refractivity contribution is 0.00835.